The number of ether oxygens (including phenoxy) is 2. The third-order valence-corrected chi connectivity index (χ3v) is 13.6. The van der Waals surface area contributed by atoms with Crippen molar-refractivity contribution in [3.05, 3.63) is 70.2 Å². The lowest BCUT2D eigenvalue weighted by Gasteiger charge is -2.36. The lowest BCUT2D eigenvalue weighted by Crippen LogP contribution is -2.47. The highest BCUT2D eigenvalue weighted by atomic mass is 19.3. The molecule has 3 amide bonds. The van der Waals surface area contributed by atoms with Gasteiger partial charge in [0, 0.05) is 65.1 Å². The zero-order valence-electron chi connectivity index (χ0n) is 35.4. The van der Waals surface area contributed by atoms with Gasteiger partial charge in [-0.2, -0.15) is 10.2 Å². The summed E-state index contributed by atoms with van der Waals surface area (Å²) in [5.74, 6) is -0.213. The number of fused-ring (bicyclic) bond motifs is 4. The van der Waals surface area contributed by atoms with Crippen molar-refractivity contribution in [1.82, 2.24) is 48.6 Å². The summed E-state index contributed by atoms with van der Waals surface area (Å²) in [5, 5.41) is 13.6. The second kappa shape index (κ2) is 16.9. The number of halogens is 2. The van der Waals surface area contributed by atoms with Gasteiger partial charge in [0.1, 0.15) is 17.4 Å². The Kier molecular flexibility index (Phi) is 11.1. The molecule has 5 fully saturated rings. The molecule has 1 saturated carbocycles. The van der Waals surface area contributed by atoms with Gasteiger partial charge in [0.05, 0.1) is 60.4 Å². The molecular formula is C43H52F2N12O6. The highest BCUT2D eigenvalue weighted by Crippen LogP contribution is 2.36. The Balaban J connectivity index is 0.734. The molecule has 0 spiro atoms. The molecule has 4 saturated heterocycles. The van der Waals surface area contributed by atoms with Gasteiger partial charge in [0.2, 0.25) is 11.8 Å². The Labute approximate surface area is 361 Å². The second-order valence-electron chi connectivity index (χ2n) is 17.9. The predicted molar refractivity (Wildman–Crippen MR) is 226 cm³/mol. The van der Waals surface area contributed by atoms with E-state index >= 15 is 0 Å². The summed E-state index contributed by atoms with van der Waals surface area (Å²) in [6, 6.07) is 7.07. The van der Waals surface area contributed by atoms with Gasteiger partial charge in [-0.15, -0.1) is 0 Å². The first-order chi connectivity index (χ1) is 30.5. The number of morpholine rings is 2. The Morgan fingerprint density at radius 3 is 2.65 bits per heavy atom. The number of imidazole rings is 1. The number of aromatic nitrogens is 7. The van der Waals surface area contributed by atoms with Crippen LogP contribution in [-0.2, 0) is 32.7 Å². The van der Waals surface area contributed by atoms with Crippen molar-refractivity contribution in [2.24, 2.45) is 13.0 Å². The molecule has 18 nitrogen and oxygen atoms in total. The Morgan fingerprint density at radius 1 is 1.05 bits per heavy atom. The van der Waals surface area contributed by atoms with E-state index in [0.29, 0.717) is 43.4 Å². The first-order valence-corrected chi connectivity index (χ1v) is 21.9. The van der Waals surface area contributed by atoms with Crippen LogP contribution in [0.1, 0.15) is 85.1 Å². The quantitative estimate of drug-likeness (QED) is 0.175. The smallest absolute Gasteiger partial charge is 0.329 e. The number of benzene rings is 1. The number of carbonyl (C=O) groups is 3. The minimum Gasteiger partial charge on any atom is -0.374 e. The van der Waals surface area contributed by atoms with Crippen molar-refractivity contribution in [3.8, 4) is 0 Å². The van der Waals surface area contributed by atoms with Crippen molar-refractivity contribution in [2.45, 2.75) is 88.2 Å². The van der Waals surface area contributed by atoms with Gasteiger partial charge in [-0.25, -0.2) is 23.1 Å². The number of alkyl halides is 2. The molecule has 1 unspecified atom stereocenters. The van der Waals surface area contributed by atoms with E-state index in [1.807, 2.05) is 24.3 Å². The number of carbonyl (C=O) groups excluding carboxylic acids is 3. The van der Waals surface area contributed by atoms with Crippen LogP contribution in [0.5, 0.6) is 0 Å². The fourth-order valence-corrected chi connectivity index (χ4v) is 10.5. The van der Waals surface area contributed by atoms with Crippen molar-refractivity contribution in [1.29, 1.82) is 0 Å². The average molecular weight is 871 g/mol. The summed E-state index contributed by atoms with van der Waals surface area (Å²) in [4.78, 5) is 63.1. The minimum absolute atomic E-state index is 0.0181. The summed E-state index contributed by atoms with van der Waals surface area (Å²) in [7, 11) is 3.82. The molecule has 4 aliphatic heterocycles. The Bertz CT molecular complexity index is 2610. The van der Waals surface area contributed by atoms with Crippen LogP contribution in [0.2, 0.25) is 0 Å². The van der Waals surface area contributed by atoms with E-state index < -0.39 is 30.0 Å². The van der Waals surface area contributed by atoms with Crippen LogP contribution in [-0.4, -0.2) is 132 Å². The van der Waals surface area contributed by atoms with E-state index in [9.17, 15) is 28.0 Å². The van der Waals surface area contributed by atoms with Gasteiger partial charge >= 0.3 is 5.69 Å². The number of nitrogens with one attached hydrogen (secondary N) is 2. The highest BCUT2D eigenvalue weighted by molar-refractivity contribution is 6.08. The number of rotatable bonds is 12. The maximum atomic E-state index is 14.3. The normalized spacial score (nSPS) is 25.6. The molecule has 0 radical (unpaired) electrons. The van der Waals surface area contributed by atoms with Crippen molar-refractivity contribution in [2.75, 3.05) is 63.2 Å². The fourth-order valence-electron chi connectivity index (χ4n) is 10.5. The molecular weight excluding hydrogens is 819 g/mol. The van der Waals surface area contributed by atoms with Crippen LogP contribution in [0.25, 0.3) is 16.7 Å². The molecule has 2 bridgehead atoms. The molecule has 5 aliphatic rings. The van der Waals surface area contributed by atoms with E-state index in [1.54, 1.807) is 22.5 Å². The van der Waals surface area contributed by atoms with Gasteiger partial charge in [-0.1, -0.05) is 12.1 Å². The number of hydrogen-bond donors (Lipinski definition) is 2. The van der Waals surface area contributed by atoms with Crippen LogP contribution < -0.4 is 21.2 Å². The number of likely N-dealkylation sites (N-methyl/N-ethyl adjacent to an activating group) is 1. The Morgan fingerprint density at radius 2 is 1.89 bits per heavy atom. The van der Waals surface area contributed by atoms with E-state index in [2.05, 4.69) is 42.6 Å². The maximum Gasteiger partial charge on any atom is 0.329 e. The van der Waals surface area contributed by atoms with Crippen LogP contribution in [0.3, 0.4) is 0 Å². The molecule has 63 heavy (non-hydrogen) atoms. The van der Waals surface area contributed by atoms with Crippen LogP contribution >= 0.6 is 0 Å². The third kappa shape index (κ3) is 8.01. The molecule has 8 heterocycles. The zero-order valence-corrected chi connectivity index (χ0v) is 35.4. The van der Waals surface area contributed by atoms with Gasteiger partial charge in [-0.05, 0) is 69.2 Å². The topological polar surface area (TPSA) is 178 Å². The minimum atomic E-state index is -2.87. The second-order valence-corrected chi connectivity index (χ2v) is 17.9. The number of amides is 3. The lowest BCUT2D eigenvalue weighted by molar-refractivity contribution is -0.135. The number of nitrogens with zero attached hydrogens (tertiary/aromatic N) is 10. The number of piperidine rings is 1. The van der Waals surface area contributed by atoms with E-state index in [-0.39, 0.29) is 60.0 Å². The molecule has 1 aromatic carbocycles. The van der Waals surface area contributed by atoms with E-state index in [0.717, 1.165) is 75.2 Å². The number of imide groups is 1. The first kappa shape index (κ1) is 41.4. The predicted octanol–water partition coefficient (Wildman–Crippen LogP) is 3.29. The van der Waals surface area contributed by atoms with Crippen LogP contribution in [0.4, 0.5) is 20.3 Å². The molecule has 334 valence electrons. The molecule has 1 aliphatic carbocycles. The Hall–Kier alpha value is -5.57. The van der Waals surface area contributed by atoms with E-state index in [4.69, 9.17) is 14.5 Å². The number of aryl methyl sites for hydroxylation is 1. The number of hydrogen-bond acceptors (Lipinski definition) is 12. The SMILES string of the molecule is CN(C[C@@H]1CN(Cc2cccc3c2n(C)c(=O)n3C2CCC(=O)NC2=O)CCO1)C[C@H]1CC[C@H](n2cc(NC(=O)c3cnn4ccc(N5C[C@H]6C[C@@H]5CO6)nc34)c(C(F)F)n2)CC1. The summed E-state index contributed by atoms with van der Waals surface area (Å²) in [6.45, 7) is 5.62. The van der Waals surface area contributed by atoms with Crippen molar-refractivity contribution < 1.29 is 32.6 Å². The largest absolute Gasteiger partial charge is 0.374 e. The van der Waals surface area contributed by atoms with Crippen LogP contribution in [0.15, 0.2) is 47.7 Å². The monoisotopic (exact) mass is 870 g/mol. The molecule has 2 N–H and O–H groups in total. The van der Waals surface area contributed by atoms with Gasteiger partial charge < -0.3 is 24.6 Å². The highest BCUT2D eigenvalue weighted by Gasteiger charge is 2.40. The maximum absolute atomic E-state index is 14.3. The summed E-state index contributed by atoms with van der Waals surface area (Å²) >= 11 is 0. The molecule has 5 aromatic rings. The molecule has 4 aromatic heterocycles. The van der Waals surface area contributed by atoms with Crippen molar-refractivity contribution in [3.63, 3.8) is 0 Å². The first-order valence-electron chi connectivity index (χ1n) is 21.9. The molecule has 20 heteroatoms. The van der Waals surface area contributed by atoms with Crippen molar-refractivity contribution >= 4 is 45.9 Å². The third-order valence-electron chi connectivity index (χ3n) is 13.6. The zero-order chi connectivity index (χ0) is 43.5. The summed E-state index contributed by atoms with van der Waals surface area (Å²) < 4.78 is 46.9. The van der Waals surface area contributed by atoms with Gasteiger partial charge in [-0.3, -0.25) is 38.4 Å². The molecule has 10 rings (SSSR count). The molecule has 4 atom stereocenters. The van der Waals surface area contributed by atoms with E-state index in [1.165, 1.54) is 21.5 Å². The fraction of sp³-hybridized carbons (Fsp3) is 0.558. The standard InChI is InChI=1S/C43H52F2N12O6/c1-51(20-30-21-53(14-15-62-30)19-26-4-3-5-33-38(26)52(2)43(61)57(33)34-10-11-36(58)49-42(34)60)18-25-6-8-27(9-7-25)56-23-32(37(50-56)39(44)45)47-41(59)31-17-46-55-13-12-35(48-40(31)55)54-22-29-16-28(54)24-63-29/h3-5,12-13,17,23,25,27-30,34,39H,6-11,14-16,18-22,24H2,1-2H3,(H,47,59)(H,49,58,60)/t25-,27-,28-,29-,30-,34?/m1/s1. The summed E-state index contributed by atoms with van der Waals surface area (Å²) in [6.07, 6.45) is 6.73. The average Bonchev–Trinajstić information content (AvgIpc) is 4.11. The van der Waals surface area contributed by atoms with Crippen LogP contribution in [0, 0.1) is 5.92 Å². The van der Waals surface area contributed by atoms with Gasteiger partial charge in [0.15, 0.2) is 11.3 Å². The number of anilines is 2. The van der Waals surface area contributed by atoms with Gasteiger partial charge in [0.25, 0.3) is 12.3 Å². The summed E-state index contributed by atoms with van der Waals surface area (Å²) in [5.41, 5.74) is 2.20. The number of para-hydroxylation sites is 1. The lowest BCUT2D eigenvalue weighted by atomic mass is 9.86.